The molecule has 1 aromatic carbocycles. The standard InChI is InChI=1S/C20H16ClN3O3/c1-26-11-5-6-14-10(7-11)8-12(19(21)24-14)17-13(9-22)20(23)27-16-4-2-3-15(25)18(16)17/h5-8,17H,2-4,23H2,1H3/t17-/m1/s1. The van der Waals surface area contributed by atoms with E-state index < -0.39 is 5.92 Å². The molecule has 2 N–H and O–H groups in total. The molecule has 7 heteroatoms. The third kappa shape index (κ3) is 2.81. The zero-order valence-electron chi connectivity index (χ0n) is 14.6. The van der Waals surface area contributed by atoms with E-state index in [-0.39, 0.29) is 22.4 Å². The molecule has 1 atom stereocenters. The second-order valence-corrected chi connectivity index (χ2v) is 6.82. The fraction of sp³-hybridized carbons (Fsp3) is 0.250. The fourth-order valence-corrected chi connectivity index (χ4v) is 3.90. The molecule has 0 fully saturated rings. The first-order chi connectivity index (χ1) is 13.0. The van der Waals surface area contributed by atoms with Crippen LogP contribution in [0.15, 0.2) is 47.1 Å². The van der Waals surface area contributed by atoms with Crippen LogP contribution in [0.1, 0.15) is 30.7 Å². The van der Waals surface area contributed by atoms with Gasteiger partial charge in [0.2, 0.25) is 5.88 Å². The molecule has 0 amide bonds. The van der Waals surface area contributed by atoms with Crippen molar-refractivity contribution in [3.05, 3.63) is 57.8 Å². The number of hydrogen-bond donors (Lipinski definition) is 1. The van der Waals surface area contributed by atoms with Crippen molar-refractivity contribution in [1.82, 2.24) is 4.98 Å². The van der Waals surface area contributed by atoms with Gasteiger partial charge in [0.1, 0.15) is 28.3 Å². The third-order valence-electron chi connectivity index (χ3n) is 4.92. The molecule has 1 aliphatic carbocycles. The number of halogens is 1. The molecular weight excluding hydrogens is 366 g/mol. The number of nitriles is 1. The van der Waals surface area contributed by atoms with Crippen LogP contribution >= 0.6 is 11.6 Å². The summed E-state index contributed by atoms with van der Waals surface area (Å²) in [4.78, 5) is 17.1. The van der Waals surface area contributed by atoms with Gasteiger partial charge in [-0.25, -0.2) is 4.98 Å². The lowest BCUT2D eigenvalue weighted by atomic mass is 9.78. The van der Waals surface area contributed by atoms with Crippen LogP contribution in [0.2, 0.25) is 5.15 Å². The lowest BCUT2D eigenvalue weighted by molar-refractivity contribution is -0.116. The minimum absolute atomic E-state index is 0.0118. The maximum absolute atomic E-state index is 12.7. The molecule has 0 unspecified atom stereocenters. The molecule has 0 radical (unpaired) electrons. The maximum atomic E-state index is 12.7. The van der Waals surface area contributed by atoms with Gasteiger partial charge in [0.15, 0.2) is 5.78 Å². The van der Waals surface area contributed by atoms with Gasteiger partial charge < -0.3 is 15.2 Å². The van der Waals surface area contributed by atoms with E-state index in [0.717, 1.165) is 5.39 Å². The van der Waals surface area contributed by atoms with Gasteiger partial charge in [-0.2, -0.15) is 5.26 Å². The highest BCUT2D eigenvalue weighted by Gasteiger charge is 2.39. The minimum atomic E-state index is -0.679. The van der Waals surface area contributed by atoms with Gasteiger partial charge >= 0.3 is 0 Å². The Bertz CT molecular complexity index is 1080. The van der Waals surface area contributed by atoms with Gasteiger partial charge in [0.25, 0.3) is 0 Å². The van der Waals surface area contributed by atoms with Crippen LogP contribution in [-0.2, 0) is 9.53 Å². The number of allylic oxidation sites excluding steroid dienone is 3. The summed E-state index contributed by atoms with van der Waals surface area (Å²) in [6, 6.07) is 9.35. The summed E-state index contributed by atoms with van der Waals surface area (Å²) in [6.07, 6.45) is 1.70. The minimum Gasteiger partial charge on any atom is -0.497 e. The summed E-state index contributed by atoms with van der Waals surface area (Å²) in [5, 5.41) is 10.7. The predicted octanol–water partition coefficient (Wildman–Crippen LogP) is 3.71. The quantitative estimate of drug-likeness (QED) is 0.796. The monoisotopic (exact) mass is 381 g/mol. The smallest absolute Gasteiger partial charge is 0.205 e. The van der Waals surface area contributed by atoms with Crippen LogP contribution in [-0.4, -0.2) is 17.9 Å². The number of carbonyl (C=O) groups is 1. The molecule has 4 rings (SSSR count). The Labute approximate surface area is 160 Å². The summed E-state index contributed by atoms with van der Waals surface area (Å²) < 4.78 is 10.9. The largest absolute Gasteiger partial charge is 0.497 e. The molecular formula is C20H16ClN3O3. The number of carbonyl (C=O) groups excluding carboxylic acids is 1. The third-order valence-corrected chi connectivity index (χ3v) is 5.22. The summed E-state index contributed by atoms with van der Waals surface area (Å²) in [5.74, 6) is 0.478. The first-order valence-electron chi connectivity index (χ1n) is 8.51. The number of Topliss-reactive ketones (excluding diaryl/α,β-unsaturated/α-hetero) is 1. The Kier molecular flexibility index (Phi) is 4.25. The SMILES string of the molecule is COc1ccc2nc(Cl)c([C@@H]3C(C#N)=C(N)OC4=C3C(=O)CCC4)cc2c1. The average molecular weight is 382 g/mol. The molecule has 0 bridgehead atoms. The van der Waals surface area contributed by atoms with Crippen LogP contribution in [0.25, 0.3) is 10.9 Å². The van der Waals surface area contributed by atoms with Crippen LogP contribution in [0, 0.1) is 11.3 Å². The van der Waals surface area contributed by atoms with Crippen molar-refractivity contribution in [2.24, 2.45) is 5.73 Å². The first kappa shape index (κ1) is 17.4. The number of nitrogens with zero attached hydrogens (tertiary/aromatic N) is 2. The molecule has 6 nitrogen and oxygen atoms in total. The molecule has 1 aliphatic heterocycles. The highest BCUT2D eigenvalue weighted by Crippen LogP contribution is 2.45. The van der Waals surface area contributed by atoms with E-state index in [4.69, 9.17) is 26.8 Å². The van der Waals surface area contributed by atoms with Crippen LogP contribution in [0.5, 0.6) is 5.75 Å². The zero-order valence-corrected chi connectivity index (χ0v) is 15.3. The Hall–Kier alpha value is -3.04. The van der Waals surface area contributed by atoms with Crippen molar-refractivity contribution in [3.63, 3.8) is 0 Å². The number of benzene rings is 1. The highest BCUT2D eigenvalue weighted by atomic mass is 35.5. The van der Waals surface area contributed by atoms with E-state index in [1.165, 1.54) is 0 Å². The van der Waals surface area contributed by atoms with Crippen molar-refractivity contribution in [2.45, 2.75) is 25.2 Å². The highest BCUT2D eigenvalue weighted by molar-refractivity contribution is 6.31. The number of pyridine rings is 1. The summed E-state index contributed by atoms with van der Waals surface area (Å²) in [5.41, 5.74) is 7.87. The topological polar surface area (TPSA) is 98.2 Å². The second kappa shape index (κ2) is 6.60. The van der Waals surface area contributed by atoms with Gasteiger partial charge in [0, 0.05) is 29.4 Å². The van der Waals surface area contributed by atoms with E-state index in [1.54, 1.807) is 19.2 Å². The number of ketones is 1. The van der Waals surface area contributed by atoms with Gasteiger partial charge in [-0.1, -0.05) is 11.6 Å². The molecule has 0 spiro atoms. The van der Waals surface area contributed by atoms with E-state index in [0.29, 0.717) is 47.4 Å². The van der Waals surface area contributed by atoms with E-state index in [1.807, 2.05) is 12.1 Å². The Morgan fingerprint density at radius 1 is 1.37 bits per heavy atom. The molecule has 136 valence electrons. The lowest BCUT2D eigenvalue weighted by Crippen LogP contribution is -2.27. The van der Waals surface area contributed by atoms with Crippen molar-refractivity contribution in [3.8, 4) is 11.8 Å². The molecule has 27 heavy (non-hydrogen) atoms. The average Bonchev–Trinajstić information content (AvgIpc) is 2.66. The normalized spacial score (nSPS) is 19.6. The molecule has 2 aliphatic rings. The molecule has 2 aromatic rings. The summed E-state index contributed by atoms with van der Waals surface area (Å²) in [7, 11) is 1.58. The molecule has 0 saturated carbocycles. The molecule has 2 heterocycles. The van der Waals surface area contributed by atoms with Crippen molar-refractivity contribution >= 4 is 28.3 Å². The number of fused-ring (bicyclic) bond motifs is 1. The van der Waals surface area contributed by atoms with Crippen LogP contribution in [0.3, 0.4) is 0 Å². The Morgan fingerprint density at radius 3 is 2.93 bits per heavy atom. The van der Waals surface area contributed by atoms with Crippen LogP contribution < -0.4 is 10.5 Å². The van der Waals surface area contributed by atoms with Gasteiger partial charge in [-0.3, -0.25) is 4.79 Å². The van der Waals surface area contributed by atoms with E-state index in [9.17, 15) is 10.1 Å². The first-order valence-corrected chi connectivity index (χ1v) is 8.89. The Morgan fingerprint density at radius 2 is 2.19 bits per heavy atom. The second-order valence-electron chi connectivity index (χ2n) is 6.47. The number of hydrogen-bond acceptors (Lipinski definition) is 6. The van der Waals surface area contributed by atoms with Gasteiger partial charge in [0.05, 0.1) is 18.5 Å². The Balaban J connectivity index is 1.97. The summed E-state index contributed by atoms with van der Waals surface area (Å²) >= 11 is 6.47. The number of nitrogens with two attached hydrogens (primary N) is 1. The van der Waals surface area contributed by atoms with Crippen molar-refractivity contribution in [2.75, 3.05) is 7.11 Å². The fourth-order valence-electron chi connectivity index (χ4n) is 3.64. The van der Waals surface area contributed by atoms with Gasteiger partial charge in [-0.15, -0.1) is 0 Å². The zero-order chi connectivity index (χ0) is 19.1. The number of rotatable bonds is 2. The maximum Gasteiger partial charge on any atom is 0.205 e. The number of ether oxygens (including phenoxy) is 2. The molecule has 0 saturated heterocycles. The number of methoxy groups -OCH3 is 1. The van der Waals surface area contributed by atoms with Gasteiger partial charge in [-0.05, 0) is 30.7 Å². The predicted molar refractivity (Wildman–Crippen MR) is 99.8 cm³/mol. The molecule has 1 aromatic heterocycles. The van der Waals surface area contributed by atoms with E-state index >= 15 is 0 Å². The summed E-state index contributed by atoms with van der Waals surface area (Å²) in [6.45, 7) is 0. The van der Waals surface area contributed by atoms with Crippen molar-refractivity contribution < 1.29 is 14.3 Å². The van der Waals surface area contributed by atoms with Crippen LogP contribution in [0.4, 0.5) is 0 Å². The number of aromatic nitrogens is 1. The lowest BCUT2D eigenvalue weighted by Gasteiger charge is -2.31. The van der Waals surface area contributed by atoms with E-state index in [2.05, 4.69) is 11.1 Å². The van der Waals surface area contributed by atoms with Crippen molar-refractivity contribution in [1.29, 1.82) is 5.26 Å².